The van der Waals surface area contributed by atoms with Crippen LogP contribution in [0.15, 0.2) is 108 Å². The molecule has 9 nitrogen and oxygen atoms in total. The molecule has 1 atom stereocenters. The van der Waals surface area contributed by atoms with Crippen molar-refractivity contribution < 1.29 is 27.5 Å². The number of hydrogen-bond acceptors (Lipinski definition) is 6. The molecule has 0 aliphatic carbocycles. The van der Waals surface area contributed by atoms with Crippen molar-refractivity contribution in [1.82, 2.24) is 10.2 Å². The fourth-order valence-corrected chi connectivity index (χ4v) is 6.47. The molecule has 0 aromatic heterocycles. The summed E-state index contributed by atoms with van der Waals surface area (Å²) in [6, 6.07) is 29.0. The van der Waals surface area contributed by atoms with Crippen molar-refractivity contribution in [3.05, 3.63) is 120 Å². The second-order valence-corrected chi connectivity index (χ2v) is 12.7. The Hall–Kier alpha value is -4.83. The van der Waals surface area contributed by atoms with E-state index in [1.54, 1.807) is 30.3 Å². The van der Waals surface area contributed by atoms with Crippen molar-refractivity contribution in [3.8, 4) is 11.5 Å². The highest BCUT2D eigenvalue weighted by Crippen LogP contribution is 2.32. The molecule has 0 spiro atoms. The minimum atomic E-state index is -4.29. The predicted octanol–water partition coefficient (Wildman–Crippen LogP) is 5.37. The first-order valence-electron chi connectivity index (χ1n) is 15.1. The van der Waals surface area contributed by atoms with Gasteiger partial charge in [-0.2, -0.15) is 0 Å². The lowest BCUT2D eigenvalue weighted by molar-refractivity contribution is -0.140. The van der Waals surface area contributed by atoms with E-state index in [2.05, 4.69) is 5.32 Å². The summed E-state index contributed by atoms with van der Waals surface area (Å²) in [5, 5.41) is 2.96. The second kappa shape index (κ2) is 15.9. The Labute approximate surface area is 271 Å². The zero-order valence-electron chi connectivity index (χ0n) is 26.7. The summed E-state index contributed by atoms with van der Waals surface area (Å²) >= 11 is 0. The highest BCUT2D eigenvalue weighted by molar-refractivity contribution is 7.92. The number of anilines is 1. The van der Waals surface area contributed by atoms with Crippen molar-refractivity contribution >= 4 is 27.5 Å². The first-order valence-corrected chi connectivity index (χ1v) is 16.6. The van der Waals surface area contributed by atoms with Crippen LogP contribution in [-0.4, -0.2) is 58.5 Å². The maximum absolute atomic E-state index is 14.5. The lowest BCUT2D eigenvalue weighted by Gasteiger charge is -2.34. The molecule has 0 saturated heterocycles. The topological polar surface area (TPSA) is 105 Å². The van der Waals surface area contributed by atoms with E-state index in [0.29, 0.717) is 18.0 Å². The summed E-state index contributed by atoms with van der Waals surface area (Å²) in [6.07, 6.45) is 0.975. The van der Waals surface area contributed by atoms with Gasteiger partial charge in [-0.3, -0.25) is 13.9 Å². The van der Waals surface area contributed by atoms with Crippen LogP contribution >= 0.6 is 0 Å². The summed E-state index contributed by atoms with van der Waals surface area (Å²) in [7, 11) is -1.40. The molecule has 46 heavy (non-hydrogen) atoms. The number of rotatable bonds is 15. The highest BCUT2D eigenvalue weighted by Gasteiger charge is 2.35. The number of methoxy groups -OCH3 is 2. The molecule has 4 aromatic carbocycles. The van der Waals surface area contributed by atoms with Crippen molar-refractivity contribution in [2.24, 2.45) is 0 Å². The summed E-state index contributed by atoms with van der Waals surface area (Å²) in [4.78, 5) is 29.7. The molecule has 4 aromatic rings. The molecular weight excluding hydrogens is 602 g/mol. The van der Waals surface area contributed by atoms with Gasteiger partial charge in [0.1, 0.15) is 12.6 Å². The third-order valence-corrected chi connectivity index (χ3v) is 9.33. The largest absolute Gasteiger partial charge is 0.493 e. The first-order chi connectivity index (χ1) is 22.2. The molecule has 0 fully saturated rings. The van der Waals surface area contributed by atoms with E-state index < -0.39 is 28.5 Å². The smallest absolute Gasteiger partial charge is 0.264 e. The number of nitrogens with one attached hydrogen (secondary N) is 1. The summed E-state index contributed by atoms with van der Waals surface area (Å²) in [6.45, 7) is 3.94. The van der Waals surface area contributed by atoms with E-state index in [1.807, 2.05) is 68.4 Å². The molecule has 2 amide bonds. The second-order valence-electron chi connectivity index (χ2n) is 10.9. The monoisotopic (exact) mass is 643 g/mol. The van der Waals surface area contributed by atoms with Gasteiger partial charge in [0.2, 0.25) is 11.8 Å². The van der Waals surface area contributed by atoms with Gasteiger partial charge < -0.3 is 19.7 Å². The van der Waals surface area contributed by atoms with E-state index in [9.17, 15) is 18.0 Å². The fourth-order valence-electron chi connectivity index (χ4n) is 5.04. The fraction of sp³-hybridized carbons (Fsp3) is 0.278. The van der Waals surface area contributed by atoms with Crippen LogP contribution in [0.5, 0.6) is 11.5 Å². The number of aryl methyl sites for hydroxylation is 1. The zero-order valence-corrected chi connectivity index (χ0v) is 27.5. The Kier molecular flexibility index (Phi) is 11.8. The van der Waals surface area contributed by atoms with Gasteiger partial charge in [0, 0.05) is 25.6 Å². The lowest BCUT2D eigenvalue weighted by atomic mass is 10.0. The molecule has 1 N–H and O–H groups in total. The van der Waals surface area contributed by atoms with Gasteiger partial charge >= 0.3 is 0 Å². The van der Waals surface area contributed by atoms with E-state index in [0.717, 1.165) is 27.4 Å². The number of nitrogens with zero attached hydrogens (tertiary/aromatic N) is 2. The van der Waals surface area contributed by atoms with Crippen LogP contribution in [0, 0.1) is 6.92 Å². The summed E-state index contributed by atoms with van der Waals surface area (Å²) in [5.74, 6) is -0.226. The van der Waals surface area contributed by atoms with Gasteiger partial charge in [0.15, 0.2) is 11.5 Å². The molecule has 0 bridgehead atoms. The number of sulfonamides is 1. The van der Waals surface area contributed by atoms with Gasteiger partial charge in [0.25, 0.3) is 10.0 Å². The maximum Gasteiger partial charge on any atom is 0.264 e. The summed E-state index contributed by atoms with van der Waals surface area (Å²) < 4.78 is 40.3. The van der Waals surface area contributed by atoms with Crippen molar-refractivity contribution in [3.63, 3.8) is 0 Å². The van der Waals surface area contributed by atoms with Crippen LogP contribution in [0.25, 0.3) is 0 Å². The third kappa shape index (κ3) is 8.45. The zero-order chi connectivity index (χ0) is 33.1. The molecule has 0 saturated carbocycles. The van der Waals surface area contributed by atoms with Gasteiger partial charge in [-0.15, -0.1) is 0 Å². The molecule has 0 aliphatic rings. The van der Waals surface area contributed by atoms with Gasteiger partial charge in [-0.25, -0.2) is 8.42 Å². The van der Waals surface area contributed by atoms with Crippen LogP contribution < -0.4 is 19.1 Å². The number of ether oxygens (including phenoxy) is 2. The lowest BCUT2D eigenvalue weighted by Crippen LogP contribution is -2.53. The Bertz CT molecular complexity index is 1700. The molecule has 0 unspecified atom stereocenters. The van der Waals surface area contributed by atoms with E-state index in [-0.39, 0.29) is 29.5 Å². The van der Waals surface area contributed by atoms with E-state index >= 15 is 0 Å². The molecular formula is C36H41N3O6S. The minimum absolute atomic E-state index is 0.0755. The molecule has 0 radical (unpaired) electrons. The van der Waals surface area contributed by atoms with Crippen LogP contribution in [0.3, 0.4) is 0 Å². The quantitative estimate of drug-likeness (QED) is 0.187. The normalized spacial score (nSPS) is 11.7. The number of para-hydroxylation sites is 1. The number of amides is 2. The highest BCUT2D eigenvalue weighted by atomic mass is 32.2. The van der Waals surface area contributed by atoms with Crippen LogP contribution in [0.4, 0.5) is 5.69 Å². The van der Waals surface area contributed by atoms with Crippen molar-refractivity contribution in [1.29, 1.82) is 0 Å². The van der Waals surface area contributed by atoms with Gasteiger partial charge in [-0.1, -0.05) is 85.3 Å². The number of carbonyl (C=O) groups excluding carboxylic acids is 2. The Morgan fingerprint density at radius 1 is 0.804 bits per heavy atom. The van der Waals surface area contributed by atoms with E-state index in [1.165, 1.54) is 37.3 Å². The van der Waals surface area contributed by atoms with Crippen LogP contribution in [-0.2, 0) is 32.6 Å². The van der Waals surface area contributed by atoms with Crippen molar-refractivity contribution in [2.45, 2.75) is 44.2 Å². The average molecular weight is 644 g/mol. The van der Waals surface area contributed by atoms with Crippen molar-refractivity contribution in [2.75, 3.05) is 31.6 Å². The van der Waals surface area contributed by atoms with Crippen LogP contribution in [0.1, 0.15) is 30.0 Å². The first kappa shape index (κ1) is 34.1. The van der Waals surface area contributed by atoms with Crippen LogP contribution in [0.2, 0.25) is 0 Å². The third-order valence-electron chi connectivity index (χ3n) is 7.56. The Balaban J connectivity index is 1.79. The molecule has 10 heteroatoms. The predicted molar refractivity (Wildman–Crippen MR) is 179 cm³/mol. The number of benzene rings is 4. The molecule has 242 valence electrons. The Morgan fingerprint density at radius 3 is 2.04 bits per heavy atom. The maximum atomic E-state index is 14.5. The Morgan fingerprint density at radius 2 is 1.43 bits per heavy atom. The molecule has 4 rings (SSSR count). The molecule has 0 aliphatic heterocycles. The van der Waals surface area contributed by atoms with Gasteiger partial charge in [0.05, 0.1) is 24.8 Å². The minimum Gasteiger partial charge on any atom is -0.493 e. The standard InChI is InChI=1S/C36H41N3O6S/c1-5-22-37-36(41)32(23-28-12-8-6-9-13-28)38(25-29-18-16-27(2)17-19-29)35(40)26-39(30-14-10-7-11-15-30)46(42,43)31-20-21-33(44-3)34(24-31)45-4/h6-21,24,32H,5,22-23,25-26H2,1-4H3,(H,37,41)/t32-/m0/s1. The SMILES string of the molecule is CCCNC(=O)[C@H](Cc1ccccc1)N(Cc1ccc(C)cc1)C(=O)CN(c1ccccc1)S(=O)(=O)c1ccc(OC)c(OC)c1. The average Bonchev–Trinajstić information content (AvgIpc) is 3.08. The van der Waals surface area contributed by atoms with E-state index in [4.69, 9.17) is 9.47 Å². The molecule has 0 heterocycles. The number of hydrogen-bond donors (Lipinski definition) is 1. The summed E-state index contributed by atoms with van der Waals surface area (Å²) in [5.41, 5.74) is 3.04. The number of carbonyl (C=O) groups is 2. The van der Waals surface area contributed by atoms with Gasteiger partial charge in [-0.05, 0) is 48.7 Å².